The number of hydrogen-bond acceptors (Lipinski definition) is 6. The predicted octanol–water partition coefficient (Wildman–Crippen LogP) is 4.05. The van der Waals surface area contributed by atoms with Gasteiger partial charge in [0.25, 0.3) is 11.8 Å². The van der Waals surface area contributed by atoms with Crippen LogP contribution in [-0.4, -0.2) is 47.8 Å². The number of para-hydroxylation sites is 1. The Morgan fingerprint density at radius 1 is 1.13 bits per heavy atom. The number of rotatable bonds is 6. The molecule has 1 aliphatic heterocycles. The van der Waals surface area contributed by atoms with Gasteiger partial charge in [-0.3, -0.25) is 4.79 Å². The first-order chi connectivity index (χ1) is 14.6. The molecule has 0 radical (unpaired) electrons. The van der Waals surface area contributed by atoms with Crippen molar-refractivity contribution in [1.29, 1.82) is 0 Å². The molecule has 0 spiro atoms. The zero-order valence-corrected chi connectivity index (χ0v) is 17.2. The van der Waals surface area contributed by atoms with Crippen LogP contribution in [0.1, 0.15) is 19.8 Å². The molecule has 0 N–H and O–H groups in total. The van der Waals surface area contributed by atoms with Gasteiger partial charge >= 0.3 is 0 Å². The van der Waals surface area contributed by atoms with Gasteiger partial charge in [-0.25, -0.2) is 0 Å². The van der Waals surface area contributed by atoms with Crippen molar-refractivity contribution in [3.63, 3.8) is 0 Å². The minimum atomic E-state index is -0.00906. The molecule has 2 heterocycles. The molecule has 1 fully saturated rings. The van der Waals surface area contributed by atoms with E-state index < -0.39 is 0 Å². The van der Waals surface area contributed by atoms with E-state index in [9.17, 15) is 4.79 Å². The number of piperidine rings is 1. The molecule has 1 amide bonds. The Kier molecular flexibility index (Phi) is 5.97. The van der Waals surface area contributed by atoms with Gasteiger partial charge in [-0.05, 0) is 55.2 Å². The van der Waals surface area contributed by atoms with Crippen molar-refractivity contribution >= 4 is 5.91 Å². The zero-order valence-electron chi connectivity index (χ0n) is 17.2. The van der Waals surface area contributed by atoms with E-state index in [2.05, 4.69) is 17.1 Å². The number of amides is 1. The lowest BCUT2D eigenvalue weighted by molar-refractivity contribution is -0.134. The number of carbonyl (C=O) groups is 1. The number of methoxy groups -OCH3 is 1. The van der Waals surface area contributed by atoms with Gasteiger partial charge in [0.2, 0.25) is 5.82 Å². The molecule has 0 aliphatic carbocycles. The second kappa shape index (κ2) is 8.98. The summed E-state index contributed by atoms with van der Waals surface area (Å²) >= 11 is 0. The third kappa shape index (κ3) is 4.45. The molecule has 1 aliphatic rings. The van der Waals surface area contributed by atoms with Crippen LogP contribution in [0.15, 0.2) is 53.1 Å². The molecule has 7 nitrogen and oxygen atoms in total. The third-order valence-electron chi connectivity index (χ3n) is 5.38. The first kappa shape index (κ1) is 19.9. The van der Waals surface area contributed by atoms with Crippen LogP contribution in [-0.2, 0) is 4.79 Å². The highest BCUT2D eigenvalue weighted by Crippen LogP contribution is 2.30. The van der Waals surface area contributed by atoms with E-state index in [-0.39, 0.29) is 12.5 Å². The lowest BCUT2D eigenvalue weighted by Gasteiger charge is -2.30. The molecule has 30 heavy (non-hydrogen) atoms. The van der Waals surface area contributed by atoms with Gasteiger partial charge in [0.1, 0.15) is 11.5 Å². The number of aromatic nitrogens is 2. The highest BCUT2D eigenvalue weighted by Gasteiger charge is 2.21. The van der Waals surface area contributed by atoms with Crippen LogP contribution in [0.2, 0.25) is 0 Å². The lowest BCUT2D eigenvalue weighted by Crippen LogP contribution is -2.40. The average molecular weight is 407 g/mol. The Bertz CT molecular complexity index is 992. The summed E-state index contributed by atoms with van der Waals surface area (Å²) in [7, 11) is 1.62. The summed E-state index contributed by atoms with van der Waals surface area (Å²) in [6.45, 7) is 3.80. The van der Waals surface area contributed by atoms with Crippen LogP contribution >= 0.6 is 0 Å². The molecular formula is C23H25N3O4. The van der Waals surface area contributed by atoms with E-state index in [1.165, 1.54) is 0 Å². The number of ether oxygens (including phenoxy) is 2. The van der Waals surface area contributed by atoms with Crippen molar-refractivity contribution in [2.45, 2.75) is 19.8 Å². The van der Waals surface area contributed by atoms with Gasteiger partial charge in [0, 0.05) is 18.7 Å². The number of nitrogens with zero attached hydrogens (tertiary/aromatic N) is 3. The monoisotopic (exact) mass is 407 g/mol. The Morgan fingerprint density at radius 3 is 2.60 bits per heavy atom. The van der Waals surface area contributed by atoms with Gasteiger partial charge in [0.15, 0.2) is 6.61 Å². The molecule has 0 unspecified atom stereocenters. The molecule has 0 bridgehead atoms. The lowest BCUT2D eigenvalue weighted by atomic mass is 9.99. The fourth-order valence-corrected chi connectivity index (χ4v) is 3.45. The van der Waals surface area contributed by atoms with Crippen LogP contribution in [0.5, 0.6) is 11.5 Å². The van der Waals surface area contributed by atoms with Crippen molar-refractivity contribution in [3.05, 3.63) is 48.5 Å². The SMILES string of the molecule is COc1ccc(-c2noc(-c3ccccc3OCC(=O)N3CCC(C)CC3)n2)cc1. The maximum atomic E-state index is 12.5. The minimum Gasteiger partial charge on any atom is -0.497 e. The number of likely N-dealkylation sites (tertiary alicyclic amines) is 1. The molecule has 7 heteroatoms. The molecule has 2 aromatic carbocycles. The summed E-state index contributed by atoms with van der Waals surface area (Å²) in [6.07, 6.45) is 2.08. The van der Waals surface area contributed by atoms with Crippen LogP contribution in [0.25, 0.3) is 22.8 Å². The van der Waals surface area contributed by atoms with Crippen LogP contribution in [0.3, 0.4) is 0 Å². The van der Waals surface area contributed by atoms with Crippen molar-refractivity contribution in [2.75, 3.05) is 26.8 Å². The molecule has 156 valence electrons. The van der Waals surface area contributed by atoms with E-state index in [1.54, 1.807) is 13.2 Å². The highest BCUT2D eigenvalue weighted by atomic mass is 16.5. The largest absolute Gasteiger partial charge is 0.497 e. The van der Waals surface area contributed by atoms with E-state index in [4.69, 9.17) is 14.0 Å². The standard InChI is InChI=1S/C23H25N3O4/c1-16-11-13-26(14-12-16)21(27)15-29-20-6-4-3-5-19(20)23-24-22(25-30-23)17-7-9-18(28-2)10-8-17/h3-10,16H,11-15H2,1-2H3. The van der Waals surface area contributed by atoms with Gasteiger partial charge < -0.3 is 18.9 Å². The predicted molar refractivity (Wildman–Crippen MR) is 112 cm³/mol. The fourth-order valence-electron chi connectivity index (χ4n) is 3.45. The molecular weight excluding hydrogens is 382 g/mol. The summed E-state index contributed by atoms with van der Waals surface area (Å²) < 4.78 is 16.5. The zero-order chi connectivity index (χ0) is 20.9. The number of hydrogen-bond donors (Lipinski definition) is 0. The summed E-state index contributed by atoms with van der Waals surface area (Å²) in [4.78, 5) is 18.9. The highest BCUT2D eigenvalue weighted by molar-refractivity contribution is 5.78. The van der Waals surface area contributed by atoms with Gasteiger partial charge in [-0.15, -0.1) is 0 Å². The molecule has 4 rings (SSSR count). The molecule has 0 atom stereocenters. The molecule has 1 aromatic heterocycles. The smallest absolute Gasteiger partial charge is 0.262 e. The quantitative estimate of drug-likeness (QED) is 0.613. The maximum absolute atomic E-state index is 12.5. The summed E-state index contributed by atoms with van der Waals surface area (Å²) in [6, 6.07) is 14.8. The van der Waals surface area contributed by atoms with Crippen LogP contribution in [0.4, 0.5) is 0 Å². The Hall–Kier alpha value is -3.35. The molecule has 1 saturated heterocycles. The van der Waals surface area contributed by atoms with Crippen LogP contribution < -0.4 is 9.47 Å². The van der Waals surface area contributed by atoms with E-state index in [1.807, 2.05) is 47.4 Å². The van der Waals surface area contributed by atoms with Crippen LogP contribution in [0, 0.1) is 5.92 Å². The number of carbonyl (C=O) groups excluding carboxylic acids is 1. The van der Waals surface area contributed by atoms with Gasteiger partial charge in [-0.2, -0.15) is 4.98 Å². The average Bonchev–Trinajstić information content (AvgIpc) is 3.28. The fraction of sp³-hybridized carbons (Fsp3) is 0.348. The summed E-state index contributed by atoms with van der Waals surface area (Å²) in [5, 5.41) is 4.08. The normalized spacial score (nSPS) is 14.5. The third-order valence-corrected chi connectivity index (χ3v) is 5.38. The van der Waals surface area contributed by atoms with E-state index in [0.717, 1.165) is 37.2 Å². The Labute approximate surface area is 175 Å². The second-order valence-corrected chi connectivity index (χ2v) is 7.50. The molecule has 3 aromatic rings. The summed E-state index contributed by atoms with van der Waals surface area (Å²) in [5.74, 6) is 2.79. The Balaban J connectivity index is 1.47. The van der Waals surface area contributed by atoms with Gasteiger partial charge in [-0.1, -0.05) is 24.2 Å². The Morgan fingerprint density at radius 2 is 1.87 bits per heavy atom. The van der Waals surface area contributed by atoms with E-state index in [0.29, 0.717) is 28.9 Å². The second-order valence-electron chi connectivity index (χ2n) is 7.50. The summed E-state index contributed by atoms with van der Waals surface area (Å²) in [5.41, 5.74) is 1.48. The van der Waals surface area contributed by atoms with Crippen molar-refractivity contribution in [1.82, 2.24) is 15.0 Å². The first-order valence-corrected chi connectivity index (χ1v) is 10.1. The molecule has 0 saturated carbocycles. The maximum Gasteiger partial charge on any atom is 0.262 e. The minimum absolute atomic E-state index is 0.00107. The van der Waals surface area contributed by atoms with E-state index >= 15 is 0 Å². The number of benzene rings is 2. The topological polar surface area (TPSA) is 77.7 Å². The van der Waals surface area contributed by atoms with Gasteiger partial charge in [0.05, 0.1) is 12.7 Å². The van der Waals surface area contributed by atoms with Crippen molar-refractivity contribution in [3.8, 4) is 34.3 Å². The van der Waals surface area contributed by atoms with Crippen molar-refractivity contribution < 1.29 is 18.8 Å². The van der Waals surface area contributed by atoms with Crippen molar-refractivity contribution in [2.24, 2.45) is 5.92 Å². The first-order valence-electron chi connectivity index (χ1n) is 10.1.